The Hall–Kier alpha value is -1.90. The Labute approximate surface area is 146 Å². The second kappa shape index (κ2) is 6.92. The van der Waals surface area contributed by atoms with E-state index in [2.05, 4.69) is 87.9 Å². The third-order valence-corrected chi connectivity index (χ3v) is 5.40. The fourth-order valence-electron chi connectivity index (χ4n) is 3.38. The molecule has 2 nitrogen and oxygen atoms in total. The van der Waals surface area contributed by atoms with Gasteiger partial charge in [0.05, 0.1) is 27.7 Å². The van der Waals surface area contributed by atoms with Crippen LogP contribution in [0.15, 0.2) is 66.7 Å². The van der Waals surface area contributed by atoms with Gasteiger partial charge in [0.15, 0.2) is 0 Å². The maximum atomic E-state index is 2.45. The van der Waals surface area contributed by atoms with Crippen LogP contribution >= 0.6 is 0 Å². The lowest BCUT2D eigenvalue weighted by atomic mass is 9.97. The van der Waals surface area contributed by atoms with E-state index in [1.807, 2.05) is 0 Å². The lowest BCUT2D eigenvalue weighted by Crippen LogP contribution is -2.62. The van der Waals surface area contributed by atoms with Gasteiger partial charge in [-0.1, -0.05) is 60.7 Å². The van der Waals surface area contributed by atoms with Crippen molar-refractivity contribution in [1.29, 1.82) is 0 Å². The Morgan fingerprint density at radius 2 is 1.21 bits per heavy atom. The number of nitrogens with zero attached hydrogens (tertiary/aromatic N) is 2. The van der Waals surface area contributed by atoms with Gasteiger partial charge in [-0.05, 0) is 22.8 Å². The van der Waals surface area contributed by atoms with E-state index < -0.39 is 0 Å². The van der Waals surface area contributed by atoms with E-state index in [-0.39, 0.29) is 0 Å². The van der Waals surface area contributed by atoms with Crippen molar-refractivity contribution in [1.82, 2.24) is 0 Å². The molecule has 126 valence electrons. The predicted octanol–water partition coefficient (Wildman–Crippen LogP) is 3.65. The number of piperazine rings is 1. The summed E-state index contributed by atoms with van der Waals surface area (Å²) in [4.78, 5) is 0. The van der Waals surface area contributed by atoms with E-state index in [9.17, 15) is 0 Å². The minimum absolute atomic E-state index is 1.10. The Morgan fingerprint density at radius 3 is 1.67 bits per heavy atom. The second-order valence-corrected chi connectivity index (χ2v) is 7.98. The van der Waals surface area contributed by atoms with Crippen molar-refractivity contribution in [2.45, 2.75) is 0 Å². The van der Waals surface area contributed by atoms with Crippen LogP contribution in [0.4, 0.5) is 0 Å². The predicted molar refractivity (Wildman–Crippen MR) is 103 cm³/mol. The highest BCUT2D eigenvalue weighted by Gasteiger charge is 2.33. The van der Waals surface area contributed by atoms with E-state index in [1.165, 1.54) is 42.9 Å². The Morgan fingerprint density at radius 1 is 0.750 bits per heavy atom. The molecule has 3 rings (SSSR count). The van der Waals surface area contributed by atoms with Crippen LogP contribution in [0, 0.1) is 0 Å². The SMILES string of the molecule is C[N+]1(C)CC[N+](C)(CC=C(c2ccccc2)c2ccccc2)CC1. The van der Waals surface area contributed by atoms with Crippen LogP contribution in [0.1, 0.15) is 11.1 Å². The highest BCUT2D eigenvalue weighted by atomic mass is 15.4. The van der Waals surface area contributed by atoms with Crippen molar-refractivity contribution < 1.29 is 8.97 Å². The van der Waals surface area contributed by atoms with Crippen LogP contribution in [-0.4, -0.2) is 62.8 Å². The maximum Gasteiger partial charge on any atom is 0.129 e. The van der Waals surface area contributed by atoms with Gasteiger partial charge in [-0.25, -0.2) is 0 Å². The molecule has 2 heteroatoms. The standard InChI is InChI=1S/C22H30N2/c1-23(2)16-18-24(3,19-17-23)15-14-22(20-10-6-4-7-11-20)21-12-8-5-9-13-21/h4-14H,15-19H2,1-3H3/q+2. The number of hydrogen-bond acceptors (Lipinski definition) is 0. The molecule has 0 aliphatic carbocycles. The molecule has 24 heavy (non-hydrogen) atoms. The molecule has 1 heterocycles. The van der Waals surface area contributed by atoms with E-state index in [0.717, 1.165) is 15.5 Å². The van der Waals surface area contributed by atoms with Gasteiger partial charge in [-0.3, -0.25) is 0 Å². The number of quaternary nitrogens is 2. The molecule has 0 bridgehead atoms. The summed E-state index contributed by atoms with van der Waals surface area (Å²) in [7, 11) is 7.10. The highest BCUT2D eigenvalue weighted by Crippen LogP contribution is 2.24. The molecule has 0 saturated carbocycles. The van der Waals surface area contributed by atoms with E-state index in [0.29, 0.717) is 0 Å². The molecule has 0 atom stereocenters. The summed E-state index contributed by atoms with van der Waals surface area (Å²) in [6.45, 7) is 6.12. The number of benzene rings is 2. The molecule has 2 aromatic rings. The molecule has 1 fully saturated rings. The van der Waals surface area contributed by atoms with Crippen LogP contribution in [0.25, 0.3) is 5.57 Å². The molecule has 1 saturated heterocycles. The molecule has 0 unspecified atom stereocenters. The summed E-state index contributed by atoms with van der Waals surface area (Å²) in [5.41, 5.74) is 3.97. The van der Waals surface area contributed by atoms with Crippen molar-refractivity contribution in [3.8, 4) is 0 Å². The molecular formula is C22H30N2+2. The number of hydrogen-bond donors (Lipinski definition) is 0. The summed E-state index contributed by atoms with van der Waals surface area (Å²) < 4.78 is 2.30. The van der Waals surface area contributed by atoms with Crippen LogP contribution in [0.5, 0.6) is 0 Å². The molecule has 0 aromatic heterocycles. The molecule has 1 aliphatic heterocycles. The fourth-order valence-corrected chi connectivity index (χ4v) is 3.38. The van der Waals surface area contributed by atoms with Crippen molar-refractivity contribution in [3.05, 3.63) is 77.9 Å². The minimum atomic E-state index is 1.10. The van der Waals surface area contributed by atoms with Gasteiger partial charge < -0.3 is 8.97 Å². The minimum Gasteiger partial charge on any atom is -0.319 e. The van der Waals surface area contributed by atoms with E-state index in [1.54, 1.807) is 0 Å². The van der Waals surface area contributed by atoms with Gasteiger partial charge >= 0.3 is 0 Å². The normalized spacial score (nSPS) is 18.8. The molecule has 0 N–H and O–H groups in total. The van der Waals surface area contributed by atoms with Crippen molar-refractivity contribution in [2.24, 2.45) is 0 Å². The van der Waals surface area contributed by atoms with Crippen LogP contribution in [0.2, 0.25) is 0 Å². The summed E-state index contributed by atoms with van der Waals surface area (Å²) in [5, 5.41) is 0. The van der Waals surface area contributed by atoms with Gasteiger partial charge in [-0.2, -0.15) is 0 Å². The average molecular weight is 322 g/mol. The topological polar surface area (TPSA) is 0 Å². The van der Waals surface area contributed by atoms with E-state index >= 15 is 0 Å². The van der Waals surface area contributed by atoms with E-state index in [4.69, 9.17) is 0 Å². The Bertz CT molecular complexity index is 635. The first-order valence-corrected chi connectivity index (χ1v) is 8.94. The summed E-state index contributed by atoms with van der Waals surface area (Å²) in [6, 6.07) is 21.6. The molecular weight excluding hydrogens is 292 g/mol. The first-order chi connectivity index (χ1) is 11.5. The van der Waals surface area contributed by atoms with Gasteiger partial charge in [-0.15, -0.1) is 0 Å². The van der Waals surface area contributed by atoms with Gasteiger partial charge in [0.1, 0.15) is 26.2 Å². The highest BCUT2D eigenvalue weighted by molar-refractivity contribution is 5.79. The first-order valence-electron chi connectivity index (χ1n) is 8.94. The third-order valence-electron chi connectivity index (χ3n) is 5.40. The Kier molecular flexibility index (Phi) is 4.88. The zero-order valence-corrected chi connectivity index (χ0v) is 15.3. The molecule has 0 radical (unpaired) electrons. The smallest absolute Gasteiger partial charge is 0.129 e. The third kappa shape index (κ3) is 4.14. The summed E-state index contributed by atoms with van der Waals surface area (Å²) >= 11 is 0. The lowest BCUT2D eigenvalue weighted by molar-refractivity contribution is -1.00. The molecule has 1 aliphatic rings. The molecule has 0 spiro atoms. The molecule has 0 amide bonds. The lowest BCUT2D eigenvalue weighted by Gasteiger charge is -2.44. The largest absolute Gasteiger partial charge is 0.319 e. The van der Waals surface area contributed by atoms with Crippen LogP contribution in [0.3, 0.4) is 0 Å². The monoisotopic (exact) mass is 322 g/mol. The van der Waals surface area contributed by atoms with Gasteiger partial charge in [0.25, 0.3) is 0 Å². The average Bonchev–Trinajstić information content (AvgIpc) is 2.60. The maximum absolute atomic E-state index is 2.45. The van der Waals surface area contributed by atoms with Crippen LogP contribution < -0.4 is 0 Å². The second-order valence-electron chi connectivity index (χ2n) is 7.98. The van der Waals surface area contributed by atoms with Crippen molar-refractivity contribution >= 4 is 5.57 Å². The van der Waals surface area contributed by atoms with Crippen LogP contribution in [-0.2, 0) is 0 Å². The first kappa shape index (κ1) is 16.9. The molecule has 2 aromatic carbocycles. The quantitative estimate of drug-likeness (QED) is 0.754. The number of likely N-dealkylation sites (N-methyl/N-ethyl adjacent to an activating group) is 2. The summed E-state index contributed by atoms with van der Waals surface area (Å²) in [6.07, 6.45) is 2.45. The zero-order valence-electron chi connectivity index (χ0n) is 15.3. The van der Waals surface area contributed by atoms with Gasteiger partial charge in [0, 0.05) is 0 Å². The van der Waals surface area contributed by atoms with Crippen molar-refractivity contribution in [3.63, 3.8) is 0 Å². The fraction of sp³-hybridized carbons (Fsp3) is 0.364. The zero-order chi connectivity index (χ0) is 17.0. The van der Waals surface area contributed by atoms with Gasteiger partial charge in [0.2, 0.25) is 0 Å². The van der Waals surface area contributed by atoms with Crippen molar-refractivity contribution in [2.75, 3.05) is 53.9 Å². The number of rotatable bonds is 4. The Balaban J connectivity index is 1.85. The summed E-state index contributed by atoms with van der Waals surface area (Å²) in [5.74, 6) is 0.